The van der Waals surface area contributed by atoms with Gasteiger partial charge in [0.2, 0.25) is 5.91 Å². The number of nitrogens with zero attached hydrogens (tertiary/aromatic N) is 1. The van der Waals surface area contributed by atoms with Gasteiger partial charge in [-0.1, -0.05) is 39.1 Å². The van der Waals surface area contributed by atoms with Gasteiger partial charge < -0.3 is 9.84 Å². The summed E-state index contributed by atoms with van der Waals surface area (Å²) in [6, 6.07) is 9.89. The van der Waals surface area contributed by atoms with Gasteiger partial charge in [-0.25, -0.2) is 5.43 Å². The summed E-state index contributed by atoms with van der Waals surface area (Å²) in [5.41, 5.74) is 2.90. The third kappa shape index (κ3) is 6.57. The number of halogens is 3. The van der Waals surface area contributed by atoms with Crippen molar-refractivity contribution in [3.63, 3.8) is 0 Å². The van der Waals surface area contributed by atoms with Gasteiger partial charge in [-0.05, 0) is 42.8 Å². The molecule has 2 N–H and O–H groups in total. The zero-order chi connectivity index (χ0) is 18.2. The Morgan fingerprint density at radius 2 is 2.08 bits per heavy atom. The quantitative estimate of drug-likeness (QED) is 0.366. The Morgan fingerprint density at radius 1 is 1.28 bits per heavy atom. The highest BCUT2D eigenvalue weighted by Gasteiger charge is 2.04. The van der Waals surface area contributed by atoms with E-state index in [0.717, 1.165) is 4.47 Å². The van der Waals surface area contributed by atoms with Crippen molar-refractivity contribution in [2.24, 2.45) is 5.10 Å². The highest BCUT2D eigenvalue weighted by Crippen LogP contribution is 2.27. The third-order valence-corrected chi connectivity index (χ3v) is 4.11. The van der Waals surface area contributed by atoms with Gasteiger partial charge in [0.25, 0.3) is 0 Å². The molecule has 0 aliphatic heterocycles. The number of aromatic hydroxyl groups is 1. The predicted molar refractivity (Wildman–Crippen MR) is 103 cm³/mol. The van der Waals surface area contributed by atoms with Crippen molar-refractivity contribution in [3.8, 4) is 11.5 Å². The summed E-state index contributed by atoms with van der Waals surface area (Å²) in [5.74, 6) is 0.348. The first-order valence-corrected chi connectivity index (χ1v) is 8.89. The average Bonchev–Trinajstić information content (AvgIpc) is 2.56. The molecule has 5 nitrogen and oxygen atoms in total. The molecule has 132 valence electrons. The SMILES string of the molecule is O=C(CCCOc1ccc(Cl)cc1Cl)NN=Cc1cc(Br)ccc1O. The second-order valence-corrected chi connectivity index (χ2v) is 6.78. The second kappa shape index (κ2) is 9.65. The summed E-state index contributed by atoms with van der Waals surface area (Å²) in [7, 11) is 0. The Kier molecular flexibility index (Phi) is 7.55. The molecule has 0 aliphatic carbocycles. The number of hydrogen-bond acceptors (Lipinski definition) is 4. The van der Waals surface area contributed by atoms with Crippen molar-refractivity contribution in [1.82, 2.24) is 5.43 Å². The summed E-state index contributed by atoms with van der Waals surface area (Å²) >= 11 is 15.1. The predicted octanol–water partition coefficient (Wildman–Crippen LogP) is 4.77. The molecule has 2 rings (SSSR count). The lowest BCUT2D eigenvalue weighted by Crippen LogP contribution is -2.18. The molecule has 0 fully saturated rings. The smallest absolute Gasteiger partial charge is 0.240 e. The van der Waals surface area contributed by atoms with Crippen LogP contribution in [0.5, 0.6) is 11.5 Å². The van der Waals surface area contributed by atoms with E-state index in [0.29, 0.717) is 34.4 Å². The van der Waals surface area contributed by atoms with Crippen LogP contribution in [0, 0.1) is 0 Å². The Morgan fingerprint density at radius 3 is 2.84 bits per heavy atom. The fraction of sp³-hybridized carbons (Fsp3) is 0.176. The Balaban J connectivity index is 1.72. The molecule has 1 amide bonds. The molecule has 0 atom stereocenters. The molecule has 0 saturated carbocycles. The fourth-order valence-electron chi connectivity index (χ4n) is 1.87. The number of phenols is 1. The van der Waals surface area contributed by atoms with Crippen molar-refractivity contribution >= 4 is 51.3 Å². The summed E-state index contributed by atoms with van der Waals surface area (Å²) in [6.45, 7) is 0.338. The third-order valence-electron chi connectivity index (χ3n) is 3.08. The normalized spacial score (nSPS) is 10.8. The van der Waals surface area contributed by atoms with E-state index < -0.39 is 0 Å². The fourth-order valence-corrected chi connectivity index (χ4v) is 2.71. The van der Waals surface area contributed by atoms with Crippen LogP contribution in [0.3, 0.4) is 0 Å². The van der Waals surface area contributed by atoms with Gasteiger partial charge in [0.05, 0.1) is 17.8 Å². The van der Waals surface area contributed by atoms with E-state index in [4.69, 9.17) is 27.9 Å². The van der Waals surface area contributed by atoms with E-state index >= 15 is 0 Å². The van der Waals surface area contributed by atoms with Crippen molar-refractivity contribution in [2.45, 2.75) is 12.8 Å². The van der Waals surface area contributed by atoms with Crippen molar-refractivity contribution in [2.75, 3.05) is 6.61 Å². The van der Waals surface area contributed by atoms with Crippen molar-refractivity contribution < 1.29 is 14.6 Å². The van der Waals surface area contributed by atoms with E-state index in [1.54, 1.807) is 30.3 Å². The van der Waals surface area contributed by atoms with Crippen molar-refractivity contribution in [1.29, 1.82) is 0 Å². The van der Waals surface area contributed by atoms with Crippen LogP contribution in [0.4, 0.5) is 0 Å². The van der Waals surface area contributed by atoms with Gasteiger partial charge in [0.15, 0.2) is 0 Å². The Hall–Kier alpha value is -1.76. The summed E-state index contributed by atoms with van der Waals surface area (Å²) in [6.07, 6.45) is 2.12. The number of hydrazone groups is 1. The number of hydrogen-bond donors (Lipinski definition) is 2. The lowest BCUT2D eigenvalue weighted by atomic mass is 10.2. The van der Waals surface area contributed by atoms with Crippen LogP contribution in [0.1, 0.15) is 18.4 Å². The molecule has 2 aromatic rings. The molecule has 8 heteroatoms. The zero-order valence-corrected chi connectivity index (χ0v) is 16.1. The van der Waals surface area contributed by atoms with Crippen LogP contribution in [0.15, 0.2) is 46.0 Å². The van der Waals surface area contributed by atoms with E-state index in [1.807, 2.05) is 0 Å². The first kappa shape index (κ1) is 19.6. The zero-order valence-electron chi connectivity index (χ0n) is 13.0. The summed E-state index contributed by atoms with van der Waals surface area (Å²) < 4.78 is 6.30. The number of carbonyl (C=O) groups excluding carboxylic acids is 1. The molecule has 0 aliphatic rings. The van der Waals surface area contributed by atoms with Crippen LogP contribution in [-0.4, -0.2) is 23.8 Å². The standard InChI is InChI=1S/C17H15BrCl2N2O3/c18-12-3-5-15(23)11(8-12)10-21-22-17(24)2-1-7-25-16-6-4-13(19)9-14(16)20/h3-6,8-10,23H,1-2,7H2,(H,22,24). The molecule has 25 heavy (non-hydrogen) atoms. The largest absolute Gasteiger partial charge is 0.507 e. The van der Waals surface area contributed by atoms with E-state index in [-0.39, 0.29) is 18.1 Å². The summed E-state index contributed by atoms with van der Waals surface area (Å²) in [5, 5.41) is 14.4. The number of phenolic OH excluding ortho intramolecular Hbond substituents is 1. The first-order valence-electron chi connectivity index (χ1n) is 7.34. The highest BCUT2D eigenvalue weighted by atomic mass is 79.9. The van der Waals surface area contributed by atoms with Crippen molar-refractivity contribution in [3.05, 3.63) is 56.5 Å². The molecular weight excluding hydrogens is 431 g/mol. The molecule has 0 unspecified atom stereocenters. The molecule has 0 radical (unpaired) electrons. The van der Waals surface area contributed by atoms with Gasteiger partial charge in [0, 0.05) is 21.5 Å². The molecule has 0 bridgehead atoms. The minimum atomic E-state index is -0.253. The number of benzene rings is 2. The van der Waals surface area contributed by atoms with Gasteiger partial charge >= 0.3 is 0 Å². The first-order chi connectivity index (χ1) is 12.0. The number of ether oxygens (including phenoxy) is 1. The minimum absolute atomic E-state index is 0.0782. The molecule has 0 aromatic heterocycles. The van der Waals surface area contributed by atoms with E-state index in [1.165, 1.54) is 12.3 Å². The maximum absolute atomic E-state index is 11.7. The van der Waals surface area contributed by atoms with Gasteiger partial charge in [-0.15, -0.1) is 0 Å². The lowest BCUT2D eigenvalue weighted by molar-refractivity contribution is -0.121. The van der Waals surface area contributed by atoms with E-state index in [2.05, 4.69) is 26.5 Å². The van der Waals surface area contributed by atoms with Crippen LogP contribution in [-0.2, 0) is 4.79 Å². The molecule has 0 heterocycles. The van der Waals surface area contributed by atoms with E-state index in [9.17, 15) is 9.90 Å². The lowest BCUT2D eigenvalue weighted by Gasteiger charge is -2.07. The number of nitrogens with one attached hydrogen (secondary N) is 1. The van der Waals surface area contributed by atoms with Crippen LogP contribution in [0.25, 0.3) is 0 Å². The Bertz CT molecular complexity index is 784. The molecule has 0 saturated heterocycles. The second-order valence-electron chi connectivity index (χ2n) is 5.02. The number of amides is 1. The van der Waals surface area contributed by atoms with Crippen LogP contribution in [0.2, 0.25) is 10.0 Å². The van der Waals surface area contributed by atoms with Crippen LogP contribution >= 0.6 is 39.1 Å². The highest BCUT2D eigenvalue weighted by molar-refractivity contribution is 9.10. The minimum Gasteiger partial charge on any atom is -0.507 e. The van der Waals surface area contributed by atoms with Crippen LogP contribution < -0.4 is 10.2 Å². The average molecular weight is 446 g/mol. The number of rotatable bonds is 7. The van der Waals surface area contributed by atoms with Gasteiger partial charge in [-0.2, -0.15) is 5.10 Å². The summed E-state index contributed by atoms with van der Waals surface area (Å²) in [4.78, 5) is 11.7. The molecular formula is C17H15BrCl2N2O3. The molecule has 0 spiro atoms. The topological polar surface area (TPSA) is 70.9 Å². The number of carbonyl (C=O) groups is 1. The maximum atomic E-state index is 11.7. The van der Waals surface area contributed by atoms with Gasteiger partial charge in [-0.3, -0.25) is 4.79 Å². The molecule has 2 aromatic carbocycles. The monoisotopic (exact) mass is 444 g/mol. The van der Waals surface area contributed by atoms with Gasteiger partial charge in [0.1, 0.15) is 11.5 Å². The Labute approximate surface area is 163 Å². The maximum Gasteiger partial charge on any atom is 0.240 e.